The molecule has 3 N–H and O–H groups in total. The molecule has 0 aliphatic heterocycles. The highest BCUT2D eigenvalue weighted by Crippen LogP contribution is 2.37. The topological polar surface area (TPSA) is 50.9 Å². The third-order valence-electron chi connectivity index (χ3n) is 4.36. The standard InChI is InChI=1S/C20H24ClN3S2/c1-12(2)6-7-14(22)9-17-13(3)19-20(26-17)16(10-18(21)24-19)23-11-15-5-4-8-25-15/h4-5,8,10,14H,1,6-7,9,11,22H2,2-3H3,(H,23,24)/t14-/m0/s1. The summed E-state index contributed by atoms with van der Waals surface area (Å²) in [5, 5.41) is 6.13. The van der Waals surface area contributed by atoms with Gasteiger partial charge in [-0.3, -0.25) is 0 Å². The summed E-state index contributed by atoms with van der Waals surface area (Å²) in [4.78, 5) is 7.15. The maximum absolute atomic E-state index is 6.34. The lowest BCUT2D eigenvalue weighted by atomic mass is 10.0. The van der Waals surface area contributed by atoms with Crippen molar-refractivity contribution < 1.29 is 0 Å². The molecule has 0 saturated heterocycles. The minimum atomic E-state index is 0.136. The fourth-order valence-corrected chi connectivity index (χ4v) is 5.05. The van der Waals surface area contributed by atoms with Crippen molar-refractivity contribution in [3.05, 3.63) is 56.2 Å². The normalized spacial score (nSPS) is 12.5. The monoisotopic (exact) mass is 405 g/mol. The van der Waals surface area contributed by atoms with E-state index in [4.69, 9.17) is 17.3 Å². The Hall–Kier alpha value is -1.40. The summed E-state index contributed by atoms with van der Waals surface area (Å²) in [5.41, 5.74) is 10.7. The van der Waals surface area contributed by atoms with Crippen molar-refractivity contribution in [3.8, 4) is 0 Å². The predicted molar refractivity (Wildman–Crippen MR) is 117 cm³/mol. The molecule has 0 bridgehead atoms. The van der Waals surface area contributed by atoms with Gasteiger partial charge in [-0.15, -0.1) is 29.3 Å². The predicted octanol–water partition coefficient (Wildman–Crippen LogP) is 6.16. The fourth-order valence-electron chi connectivity index (χ4n) is 2.88. The fraction of sp³-hybridized carbons (Fsp3) is 0.350. The highest BCUT2D eigenvalue weighted by molar-refractivity contribution is 7.19. The summed E-state index contributed by atoms with van der Waals surface area (Å²) in [6, 6.07) is 6.24. The smallest absolute Gasteiger partial charge is 0.131 e. The van der Waals surface area contributed by atoms with Crippen LogP contribution in [0.4, 0.5) is 5.69 Å². The van der Waals surface area contributed by atoms with Gasteiger partial charge < -0.3 is 11.1 Å². The van der Waals surface area contributed by atoms with Crippen LogP contribution in [0.15, 0.2) is 35.7 Å². The van der Waals surface area contributed by atoms with Crippen molar-refractivity contribution in [1.82, 2.24) is 4.98 Å². The van der Waals surface area contributed by atoms with Crippen LogP contribution in [0.5, 0.6) is 0 Å². The van der Waals surface area contributed by atoms with E-state index in [2.05, 4.69) is 48.2 Å². The molecule has 0 aromatic carbocycles. The molecule has 138 valence electrons. The van der Waals surface area contributed by atoms with E-state index in [-0.39, 0.29) is 6.04 Å². The number of fused-ring (bicyclic) bond motifs is 1. The molecule has 0 radical (unpaired) electrons. The SMILES string of the molecule is C=C(C)CC[C@H](N)Cc1sc2c(NCc3cccs3)cc(Cl)nc2c1C. The Morgan fingerprint density at radius 1 is 1.46 bits per heavy atom. The van der Waals surface area contributed by atoms with E-state index in [9.17, 15) is 0 Å². The van der Waals surface area contributed by atoms with Crippen LogP contribution in [-0.2, 0) is 13.0 Å². The lowest BCUT2D eigenvalue weighted by molar-refractivity contribution is 0.612. The number of nitrogens with zero attached hydrogens (tertiary/aromatic N) is 1. The van der Waals surface area contributed by atoms with Crippen LogP contribution in [0.3, 0.4) is 0 Å². The van der Waals surface area contributed by atoms with Crippen LogP contribution in [-0.4, -0.2) is 11.0 Å². The van der Waals surface area contributed by atoms with Gasteiger partial charge in [0.25, 0.3) is 0 Å². The van der Waals surface area contributed by atoms with E-state index in [0.29, 0.717) is 5.15 Å². The van der Waals surface area contributed by atoms with Gasteiger partial charge in [-0.2, -0.15) is 0 Å². The van der Waals surface area contributed by atoms with Crippen molar-refractivity contribution in [2.45, 2.75) is 45.7 Å². The first kappa shape index (κ1) is 19.4. The summed E-state index contributed by atoms with van der Waals surface area (Å²) in [6.07, 6.45) is 2.80. The zero-order chi connectivity index (χ0) is 18.7. The van der Waals surface area contributed by atoms with E-state index in [1.165, 1.54) is 20.9 Å². The van der Waals surface area contributed by atoms with Crippen LogP contribution < -0.4 is 11.1 Å². The average Bonchev–Trinajstić information content (AvgIpc) is 3.21. The van der Waals surface area contributed by atoms with Crippen molar-refractivity contribution in [3.63, 3.8) is 0 Å². The molecule has 0 fully saturated rings. The molecule has 1 atom stereocenters. The Kier molecular flexibility index (Phi) is 6.35. The van der Waals surface area contributed by atoms with E-state index >= 15 is 0 Å². The number of rotatable bonds is 8. The molecule has 0 unspecified atom stereocenters. The van der Waals surface area contributed by atoms with Gasteiger partial charge in [0, 0.05) is 28.4 Å². The zero-order valence-electron chi connectivity index (χ0n) is 15.1. The number of aromatic nitrogens is 1. The van der Waals surface area contributed by atoms with Gasteiger partial charge in [0.05, 0.1) is 15.9 Å². The van der Waals surface area contributed by atoms with E-state index < -0.39 is 0 Å². The van der Waals surface area contributed by atoms with Crippen LogP contribution >= 0.6 is 34.3 Å². The number of halogens is 1. The quantitative estimate of drug-likeness (QED) is 0.348. The second-order valence-electron chi connectivity index (χ2n) is 6.71. The number of allylic oxidation sites excluding steroid dienone is 1. The van der Waals surface area contributed by atoms with Gasteiger partial charge in [0.2, 0.25) is 0 Å². The average molecular weight is 406 g/mol. The Bertz CT molecular complexity index is 900. The first-order chi connectivity index (χ1) is 12.4. The van der Waals surface area contributed by atoms with Crippen LogP contribution in [0, 0.1) is 6.92 Å². The van der Waals surface area contributed by atoms with Crippen molar-refractivity contribution in [1.29, 1.82) is 0 Å². The molecule has 6 heteroatoms. The second-order valence-corrected chi connectivity index (χ2v) is 9.24. The number of nitrogens with two attached hydrogens (primary N) is 1. The Morgan fingerprint density at radius 2 is 2.27 bits per heavy atom. The Labute approximate surface area is 167 Å². The van der Waals surface area contributed by atoms with Crippen molar-refractivity contribution in [2.24, 2.45) is 5.73 Å². The van der Waals surface area contributed by atoms with Crippen molar-refractivity contribution >= 4 is 50.2 Å². The molecule has 0 spiro atoms. The number of nitrogens with one attached hydrogen (secondary N) is 1. The molecule has 26 heavy (non-hydrogen) atoms. The zero-order valence-corrected chi connectivity index (χ0v) is 17.5. The van der Waals surface area contributed by atoms with Gasteiger partial charge in [-0.05, 0) is 50.1 Å². The highest BCUT2D eigenvalue weighted by Gasteiger charge is 2.16. The third kappa shape index (κ3) is 4.65. The largest absolute Gasteiger partial charge is 0.379 e. The number of anilines is 1. The lowest BCUT2D eigenvalue weighted by Crippen LogP contribution is -2.22. The molecular formula is C20H24ClN3S2. The number of aryl methyl sites for hydroxylation is 1. The van der Waals surface area contributed by atoms with Gasteiger partial charge in [0.1, 0.15) is 5.15 Å². The molecular weight excluding hydrogens is 382 g/mol. The molecule has 0 saturated carbocycles. The molecule has 0 aliphatic rings. The minimum Gasteiger partial charge on any atom is -0.379 e. The van der Waals surface area contributed by atoms with E-state index in [1.807, 2.05) is 6.07 Å². The first-order valence-corrected chi connectivity index (χ1v) is 10.8. The van der Waals surface area contributed by atoms with Crippen molar-refractivity contribution in [2.75, 3.05) is 5.32 Å². The number of hydrogen-bond acceptors (Lipinski definition) is 5. The van der Waals surface area contributed by atoms with Gasteiger partial charge in [-0.25, -0.2) is 4.98 Å². The summed E-state index contributed by atoms with van der Waals surface area (Å²) in [7, 11) is 0. The second kappa shape index (κ2) is 8.53. The summed E-state index contributed by atoms with van der Waals surface area (Å²) in [5.74, 6) is 0. The van der Waals surface area contributed by atoms with Crippen LogP contribution in [0.25, 0.3) is 10.2 Å². The number of pyridine rings is 1. The number of thiophene rings is 2. The molecule has 0 amide bonds. The maximum Gasteiger partial charge on any atom is 0.131 e. The molecule has 3 aromatic heterocycles. The maximum atomic E-state index is 6.34. The molecule has 3 rings (SSSR count). The van der Waals surface area contributed by atoms with Gasteiger partial charge in [-0.1, -0.05) is 23.2 Å². The highest BCUT2D eigenvalue weighted by atomic mass is 35.5. The number of hydrogen-bond donors (Lipinski definition) is 2. The molecule has 3 nitrogen and oxygen atoms in total. The van der Waals surface area contributed by atoms with E-state index in [0.717, 1.165) is 41.7 Å². The lowest BCUT2D eigenvalue weighted by Gasteiger charge is -2.10. The summed E-state index contributed by atoms with van der Waals surface area (Å²) < 4.78 is 1.16. The molecule has 3 heterocycles. The Balaban J connectivity index is 1.84. The first-order valence-electron chi connectivity index (χ1n) is 8.68. The summed E-state index contributed by atoms with van der Waals surface area (Å²) >= 11 is 9.80. The van der Waals surface area contributed by atoms with Gasteiger partial charge in [0.15, 0.2) is 0 Å². The minimum absolute atomic E-state index is 0.136. The van der Waals surface area contributed by atoms with E-state index in [1.54, 1.807) is 22.7 Å². The Morgan fingerprint density at radius 3 is 2.96 bits per heavy atom. The third-order valence-corrected chi connectivity index (χ3v) is 6.77. The summed E-state index contributed by atoms with van der Waals surface area (Å²) in [6.45, 7) is 8.92. The van der Waals surface area contributed by atoms with Gasteiger partial charge >= 0.3 is 0 Å². The molecule has 3 aromatic rings. The van der Waals surface area contributed by atoms with Crippen LogP contribution in [0.1, 0.15) is 35.1 Å². The van der Waals surface area contributed by atoms with Crippen LogP contribution in [0.2, 0.25) is 5.15 Å². The molecule has 0 aliphatic carbocycles.